The molecule has 2 heterocycles. The van der Waals surface area contributed by atoms with Crippen molar-refractivity contribution in [2.24, 2.45) is 0 Å². The van der Waals surface area contributed by atoms with Crippen molar-refractivity contribution in [2.75, 3.05) is 24.3 Å². The van der Waals surface area contributed by atoms with E-state index < -0.39 is 0 Å². The van der Waals surface area contributed by atoms with Gasteiger partial charge < -0.3 is 15.5 Å². The summed E-state index contributed by atoms with van der Waals surface area (Å²) in [5.74, 6) is -0.0911. The Hall–Kier alpha value is -3.15. The fourth-order valence-corrected chi connectivity index (χ4v) is 4.33. The van der Waals surface area contributed by atoms with Gasteiger partial charge in [0.1, 0.15) is 5.69 Å². The maximum atomic E-state index is 12.6. The predicted molar refractivity (Wildman–Crippen MR) is 136 cm³/mol. The fraction of sp³-hybridized carbons (Fsp3) is 0.444. The molecule has 0 aliphatic heterocycles. The van der Waals surface area contributed by atoms with Gasteiger partial charge in [-0.3, -0.25) is 9.78 Å². The highest BCUT2D eigenvalue weighted by atomic mass is 16.1. The van der Waals surface area contributed by atoms with E-state index in [-0.39, 0.29) is 17.4 Å². The van der Waals surface area contributed by atoms with Gasteiger partial charge in [0.05, 0.1) is 17.4 Å². The van der Waals surface area contributed by atoms with Gasteiger partial charge >= 0.3 is 0 Å². The molecule has 0 saturated heterocycles. The lowest BCUT2D eigenvalue weighted by molar-refractivity contribution is 0.0921. The number of nitrogens with one attached hydrogen (secondary N) is 2. The number of aromatic nitrogens is 2. The second kappa shape index (κ2) is 9.38. The highest BCUT2D eigenvalue weighted by Gasteiger charge is 2.24. The molecule has 0 bridgehead atoms. The summed E-state index contributed by atoms with van der Waals surface area (Å²) in [4.78, 5) is 23.8. The van der Waals surface area contributed by atoms with Crippen LogP contribution in [0.5, 0.6) is 0 Å². The monoisotopic (exact) mass is 445 g/mol. The molecule has 0 unspecified atom stereocenters. The number of pyridine rings is 2. The first-order chi connectivity index (χ1) is 15.7. The van der Waals surface area contributed by atoms with Crippen LogP contribution < -0.4 is 15.5 Å². The molecule has 2 N–H and O–H groups in total. The molecule has 6 heteroatoms. The zero-order valence-corrected chi connectivity index (χ0v) is 20.4. The van der Waals surface area contributed by atoms with Crippen molar-refractivity contribution in [3.63, 3.8) is 0 Å². The van der Waals surface area contributed by atoms with Crippen molar-refractivity contribution in [1.82, 2.24) is 15.3 Å². The SMILES string of the molecule is CN(C)c1ccc(C(=O)NC2CCC(Nc3cc(C(C)(C)C)nc4ccccc34)CC2)nc1. The number of rotatable bonds is 5. The smallest absolute Gasteiger partial charge is 0.270 e. The molecule has 0 radical (unpaired) electrons. The number of fused-ring (bicyclic) bond motifs is 1. The van der Waals surface area contributed by atoms with Gasteiger partial charge in [-0.1, -0.05) is 39.0 Å². The Labute approximate surface area is 196 Å². The van der Waals surface area contributed by atoms with E-state index in [1.54, 1.807) is 12.3 Å². The first-order valence-electron chi connectivity index (χ1n) is 11.8. The molecule has 0 spiro atoms. The second-order valence-corrected chi connectivity index (χ2v) is 10.3. The zero-order chi connectivity index (χ0) is 23.6. The Bertz CT molecular complexity index is 1110. The number of para-hydroxylation sites is 1. The van der Waals surface area contributed by atoms with E-state index in [9.17, 15) is 4.79 Å². The summed E-state index contributed by atoms with van der Waals surface area (Å²) in [6, 6.07) is 14.8. The van der Waals surface area contributed by atoms with Crippen LogP contribution in [-0.2, 0) is 5.41 Å². The molecule has 1 fully saturated rings. The molecule has 1 aromatic carbocycles. The van der Waals surface area contributed by atoms with Gasteiger partial charge in [0, 0.05) is 48.4 Å². The topological polar surface area (TPSA) is 70.2 Å². The third-order valence-electron chi connectivity index (χ3n) is 6.40. The second-order valence-electron chi connectivity index (χ2n) is 10.3. The summed E-state index contributed by atoms with van der Waals surface area (Å²) < 4.78 is 0. The van der Waals surface area contributed by atoms with E-state index in [1.807, 2.05) is 31.1 Å². The summed E-state index contributed by atoms with van der Waals surface area (Å²) in [6.07, 6.45) is 5.67. The Balaban J connectivity index is 1.39. The molecule has 1 saturated carbocycles. The molecule has 174 valence electrons. The highest BCUT2D eigenvalue weighted by Crippen LogP contribution is 2.31. The molecule has 1 aliphatic rings. The summed E-state index contributed by atoms with van der Waals surface area (Å²) in [6.45, 7) is 6.60. The van der Waals surface area contributed by atoms with Gasteiger partial charge in [0.15, 0.2) is 0 Å². The van der Waals surface area contributed by atoms with Crippen LogP contribution in [0.25, 0.3) is 10.9 Å². The summed E-state index contributed by atoms with van der Waals surface area (Å²) in [5.41, 5.74) is 4.72. The lowest BCUT2D eigenvalue weighted by Crippen LogP contribution is -2.40. The molecule has 1 aliphatic carbocycles. The molecule has 33 heavy (non-hydrogen) atoms. The van der Waals surface area contributed by atoms with Crippen molar-refractivity contribution >= 4 is 28.2 Å². The van der Waals surface area contributed by atoms with Gasteiger partial charge in [-0.05, 0) is 49.9 Å². The van der Waals surface area contributed by atoms with E-state index in [0.717, 1.165) is 53.7 Å². The maximum Gasteiger partial charge on any atom is 0.270 e. The summed E-state index contributed by atoms with van der Waals surface area (Å²) in [7, 11) is 3.92. The maximum absolute atomic E-state index is 12.6. The Morgan fingerprint density at radius 1 is 1.00 bits per heavy atom. The first kappa shape index (κ1) is 23.0. The van der Waals surface area contributed by atoms with Crippen LogP contribution in [0.3, 0.4) is 0 Å². The number of anilines is 2. The minimum Gasteiger partial charge on any atom is -0.382 e. The van der Waals surface area contributed by atoms with Gasteiger partial charge in [-0.15, -0.1) is 0 Å². The third-order valence-corrected chi connectivity index (χ3v) is 6.40. The molecule has 4 rings (SSSR count). The van der Waals surface area contributed by atoms with E-state index in [0.29, 0.717) is 11.7 Å². The van der Waals surface area contributed by atoms with Crippen LogP contribution in [-0.4, -0.2) is 42.1 Å². The normalized spacial score (nSPS) is 18.7. The molecule has 1 amide bonds. The lowest BCUT2D eigenvalue weighted by Gasteiger charge is -2.31. The standard InChI is InChI=1S/C27H35N5O/c1-27(2,3)25-16-24(21-8-6-7-9-22(21)31-25)29-18-10-12-19(13-11-18)30-26(33)23-15-14-20(17-28-23)32(4)5/h6-9,14-19H,10-13H2,1-5H3,(H,29,31)(H,30,33). The number of carbonyl (C=O) groups excluding carboxylic acids is 1. The van der Waals surface area contributed by atoms with Crippen molar-refractivity contribution in [1.29, 1.82) is 0 Å². The minimum atomic E-state index is -0.0911. The van der Waals surface area contributed by atoms with Crippen molar-refractivity contribution < 1.29 is 4.79 Å². The number of amides is 1. The van der Waals surface area contributed by atoms with Crippen LogP contribution in [0.15, 0.2) is 48.7 Å². The average molecular weight is 446 g/mol. The average Bonchev–Trinajstić information content (AvgIpc) is 2.79. The summed E-state index contributed by atoms with van der Waals surface area (Å²) >= 11 is 0. The number of hydrogen-bond donors (Lipinski definition) is 2. The number of nitrogens with zero attached hydrogens (tertiary/aromatic N) is 3. The molecular weight excluding hydrogens is 410 g/mol. The zero-order valence-electron chi connectivity index (χ0n) is 20.4. The van der Waals surface area contributed by atoms with Crippen LogP contribution >= 0.6 is 0 Å². The van der Waals surface area contributed by atoms with Crippen molar-refractivity contribution in [3.05, 3.63) is 60.0 Å². The summed E-state index contributed by atoms with van der Waals surface area (Å²) in [5, 5.41) is 8.12. The molecular formula is C27H35N5O. The number of carbonyl (C=O) groups is 1. The van der Waals surface area contributed by atoms with E-state index in [2.05, 4.69) is 60.7 Å². The number of hydrogen-bond acceptors (Lipinski definition) is 5. The van der Waals surface area contributed by atoms with Crippen molar-refractivity contribution in [3.8, 4) is 0 Å². The van der Waals surface area contributed by atoms with Crippen LogP contribution in [0.4, 0.5) is 11.4 Å². The third kappa shape index (κ3) is 5.44. The van der Waals surface area contributed by atoms with Gasteiger partial charge in [0.25, 0.3) is 5.91 Å². The number of benzene rings is 1. The largest absolute Gasteiger partial charge is 0.382 e. The molecule has 3 aromatic rings. The lowest BCUT2D eigenvalue weighted by atomic mass is 9.89. The van der Waals surface area contributed by atoms with Gasteiger partial charge in [-0.2, -0.15) is 0 Å². The molecule has 6 nitrogen and oxygen atoms in total. The van der Waals surface area contributed by atoms with Gasteiger partial charge in [0.2, 0.25) is 0 Å². The molecule has 0 atom stereocenters. The highest BCUT2D eigenvalue weighted by molar-refractivity contribution is 5.93. The van der Waals surface area contributed by atoms with E-state index in [1.165, 1.54) is 0 Å². The fourth-order valence-electron chi connectivity index (χ4n) is 4.33. The Morgan fingerprint density at radius 3 is 2.33 bits per heavy atom. The minimum absolute atomic E-state index is 0.0127. The molecule has 2 aromatic heterocycles. The Kier molecular flexibility index (Phi) is 6.54. The van der Waals surface area contributed by atoms with Crippen LogP contribution in [0.1, 0.15) is 62.6 Å². The Morgan fingerprint density at radius 2 is 1.70 bits per heavy atom. The quantitative estimate of drug-likeness (QED) is 0.569. The van der Waals surface area contributed by atoms with E-state index >= 15 is 0 Å². The predicted octanol–water partition coefficient (Wildman–Crippen LogP) is 5.15. The van der Waals surface area contributed by atoms with Crippen LogP contribution in [0, 0.1) is 0 Å². The van der Waals surface area contributed by atoms with E-state index in [4.69, 9.17) is 4.98 Å². The first-order valence-corrected chi connectivity index (χ1v) is 11.8. The van der Waals surface area contributed by atoms with Crippen molar-refractivity contribution in [2.45, 2.75) is 64.0 Å². The van der Waals surface area contributed by atoms with Gasteiger partial charge in [-0.25, -0.2) is 4.98 Å². The van der Waals surface area contributed by atoms with Crippen LogP contribution in [0.2, 0.25) is 0 Å².